The van der Waals surface area contributed by atoms with E-state index in [-0.39, 0.29) is 6.10 Å². The Hall–Kier alpha value is -3.50. The summed E-state index contributed by atoms with van der Waals surface area (Å²) in [4.78, 5) is 11.1. The molecule has 1 unspecified atom stereocenters. The first-order chi connectivity index (χ1) is 16.4. The molecule has 10 heteroatoms. The quantitative estimate of drug-likeness (QED) is 0.412. The molecule has 0 amide bonds. The first kappa shape index (κ1) is 22.3. The Morgan fingerprint density at radius 2 is 2.06 bits per heavy atom. The number of aliphatic hydroxyl groups excluding tert-OH is 1. The molecule has 0 radical (unpaired) electrons. The smallest absolute Gasteiger partial charge is 0.165 e. The molecule has 0 spiro atoms. The van der Waals surface area contributed by atoms with E-state index in [2.05, 4.69) is 36.4 Å². The molecule has 0 aromatic carbocycles. The Balaban J connectivity index is 1.34. The van der Waals surface area contributed by atoms with Crippen LogP contribution in [0.4, 0.5) is 11.6 Å². The van der Waals surface area contributed by atoms with Crippen LogP contribution in [0.3, 0.4) is 0 Å². The number of anilines is 2. The fourth-order valence-electron chi connectivity index (χ4n) is 4.24. The number of nitrogens with one attached hydrogen (secondary N) is 1. The summed E-state index contributed by atoms with van der Waals surface area (Å²) in [6.07, 6.45) is 6.14. The molecule has 34 heavy (non-hydrogen) atoms. The molecule has 4 aromatic rings. The Kier molecular flexibility index (Phi) is 5.93. The molecule has 10 nitrogen and oxygen atoms in total. The number of nitrogens with zero attached hydrogens (tertiary/aromatic N) is 7. The third-order valence-corrected chi connectivity index (χ3v) is 6.29. The molecule has 2 atom stereocenters. The van der Waals surface area contributed by atoms with Crippen molar-refractivity contribution in [3.63, 3.8) is 0 Å². The summed E-state index contributed by atoms with van der Waals surface area (Å²) in [5, 5.41) is 21.9. The second-order valence-corrected chi connectivity index (χ2v) is 8.94. The van der Waals surface area contributed by atoms with Gasteiger partial charge in [-0.3, -0.25) is 14.6 Å². The van der Waals surface area contributed by atoms with Gasteiger partial charge in [0.15, 0.2) is 11.6 Å². The zero-order valence-corrected chi connectivity index (χ0v) is 19.9. The molecular formula is C24H30N8O2. The Labute approximate surface area is 198 Å². The molecule has 178 valence electrons. The minimum Gasteiger partial charge on any atom is -0.488 e. The zero-order chi connectivity index (χ0) is 23.8. The second kappa shape index (κ2) is 9.03. The number of hydrogen-bond acceptors (Lipinski definition) is 8. The van der Waals surface area contributed by atoms with E-state index in [1.165, 1.54) is 0 Å². The van der Waals surface area contributed by atoms with E-state index in [0.29, 0.717) is 30.8 Å². The van der Waals surface area contributed by atoms with E-state index < -0.39 is 0 Å². The van der Waals surface area contributed by atoms with E-state index in [1.54, 1.807) is 12.4 Å². The first-order valence-electron chi connectivity index (χ1n) is 11.5. The van der Waals surface area contributed by atoms with Gasteiger partial charge in [-0.15, -0.1) is 0 Å². The summed E-state index contributed by atoms with van der Waals surface area (Å²) in [6.45, 7) is 7.94. The lowest BCUT2D eigenvalue weighted by molar-refractivity contribution is 0.0147. The van der Waals surface area contributed by atoms with Crippen molar-refractivity contribution in [2.24, 2.45) is 7.05 Å². The highest BCUT2D eigenvalue weighted by Gasteiger charge is 2.29. The molecule has 4 aromatic heterocycles. The van der Waals surface area contributed by atoms with E-state index >= 15 is 0 Å². The van der Waals surface area contributed by atoms with Crippen LogP contribution in [0.1, 0.15) is 24.7 Å². The van der Waals surface area contributed by atoms with Crippen molar-refractivity contribution in [2.45, 2.75) is 39.3 Å². The minimum absolute atomic E-state index is 0.321. The molecular weight excluding hydrogens is 432 g/mol. The lowest BCUT2D eigenvalue weighted by Gasteiger charge is -2.41. The molecule has 5 heterocycles. The molecule has 0 saturated carbocycles. The molecule has 0 aliphatic carbocycles. The molecule has 2 N–H and O–H groups in total. The molecule has 1 fully saturated rings. The van der Waals surface area contributed by atoms with Gasteiger partial charge in [0.2, 0.25) is 0 Å². The van der Waals surface area contributed by atoms with Crippen LogP contribution in [0.15, 0.2) is 36.8 Å². The van der Waals surface area contributed by atoms with Crippen LogP contribution < -0.4 is 10.1 Å². The predicted octanol–water partition coefficient (Wildman–Crippen LogP) is 2.72. The Morgan fingerprint density at radius 1 is 1.21 bits per heavy atom. The second-order valence-electron chi connectivity index (χ2n) is 8.94. The number of aliphatic hydroxyl groups is 1. The van der Waals surface area contributed by atoms with Crippen molar-refractivity contribution in [3.05, 3.63) is 48.2 Å². The van der Waals surface area contributed by atoms with Gasteiger partial charge >= 0.3 is 0 Å². The maximum absolute atomic E-state index is 9.67. The van der Waals surface area contributed by atoms with Crippen molar-refractivity contribution >= 4 is 17.2 Å². The number of hydrogen-bond donors (Lipinski definition) is 2. The van der Waals surface area contributed by atoms with Gasteiger partial charge < -0.3 is 15.2 Å². The number of aryl methyl sites for hydroxylation is 3. The molecule has 1 aliphatic heterocycles. The van der Waals surface area contributed by atoms with Gasteiger partial charge in [-0.2, -0.15) is 10.2 Å². The number of rotatable bonds is 8. The van der Waals surface area contributed by atoms with Gasteiger partial charge in [0, 0.05) is 44.0 Å². The topological polar surface area (TPSA) is 106 Å². The molecule has 0 bridgehead atoms. The van der Waals surface area contributed by atoms with E-state index in [0.717, 1.165) is 46.9 Å². The molecule has 1 saturated heterocycles. The van der Waals surface area contributed by atoms with E-state index in [4.69, 9.17) is 4.74 Å². The van der Waals surface area contributed by atoms with Gasteiger partial charge in [-0.1, -0.05) is 0 Å². The zero-order valence-electron chi connectivity index (χ0n) is 19.9. The van der Waals surface area contributed by atoms with Gasteiger partial charge in [0.1, 0.15) is 18.1 Å². The van der Waals surface area contributed by atoms with Crippen LogP contribution in [0.25, 0.3) is 16.8 Å². The van der Waals surface area contributed by atoms with Crippen molar-refractivity contribution in [3.8, 4) is 17.0 Å². The summed E-state index contributed by atoms with van der Waals surface area (Å²) in [5.41, 5.74) is 4.64. The summed E-state index contributed by atoms with van der Waals surface area (Å²) in [5.74, 6) is 2.10. The fraction of sp³-hybridized carbons (Fsp3) is 0.417. The third-order valence-electron chi connectivity index (χ3n) is 6.29. The standard InChI is InChI=1S/C24H30N8O2/c1-15(33)13-31-7-6-19(31)14-34-21-11-26-30(4)24(21)18-5-8-32-20(9-18)10-22(29-32)28-23-12-25-16(2)17(3)27-23/h5,8-12,15,19,33H,6-7,13-14H2,1-4H3,(H,27,28,29)/t15?,19-/m1/s1. The van der Waals surface area contributed by atoms with Crippen LogP contribution in [-0.2, 0) is 7.05 Å². The van der Waals surface area contributed by atoms with Crippen molar-refractivity contribution in [2.75, 3.05) is 25.0 Å². The maximum Gasteiger partial charge on any atom is 0.165 e. The van der Waals surface area contributed by atoms with Gasteiger partial charge in [0.05, 0.1) is 35.4 Å². The van der Waals surface area contributed by atoms with Crippen LogP contribution in [-0.4, -0.2) is 71.2 Å². The SMILES string of the molecule is Cc1ncc(Nc2cc3cc(-c4c(OC[C@H]5CCN5CC(C)O)cnn4C)ccn3n2)nc1C. The highest BCUT2D eigenvalue weighted by molar-refractivity contribution is 5.72. The Bertz CT molecular complexity index is 1310. The van der Waals surface area contributed by atoms with Crippen molar-refractivity contribution < 1.29 is 9.84 Å². The Morgan fingerprint density at radius 3 is 2.79 bits per heavy atom. The summed E-state index contributed by atoms with van der Waals surface area (Å²) < 4.78 is 9.84. The lowest BCUT2D eigenvalue weighted by Crippen LogP contribution is -2.53. The number of β-amino-alcohol motifs (C(OH)–C–C–N with tert-alkyl or cyclic N) is 1. The minimum atomic E-state index is -0.333. The molecule has 1 aliphatic rings. The average Bonchev–Trinajstić information content (AvgIpc) is 3.35. The summed E-state index contributed by atoms with van der Waals surface area (Å²) in [7, 11) is 1.91. The summed E-state index contributed by atoms with van der Waals surface area (Å²) >= 11 is 0. The van der Waals surface area contributed by atoms with Crippen molar-refractivity contribution in [1.29, 1.82) is 0 Å². The van der Waals surface area contributed by atoms with Crippen LogP contribution in [0, 0.1) is 13.8 Å². The predicted molar refractivity (Wildman–Crippen MR) is 129 cm³/mol. The van der Waals surface area contributed by atoms with Crippen LogP contribution in [0.5, 0.6) is 5.75 Å². The largest absolute Gasteiger partial charge is 0.488 e. The summed E-state index contributed by atoms with van der Waals surface area (Å²) in [6, 6.07) is 6.37. The maximum atomic E-state index is 9.67. The first-order valence-corrected chi connectivity index (χ1v) is 11.5. The number of fused-ring (bicyclic) bond motifs is 1. The fourth-order valence-corrected chi connectivity index (χ4v) is 4.24. The van der Waals surface area contributed by atoms with E-state index in [9.17, 15) is 5.11 Å². The van der Waals surface area contributed by atoms with Crippen LogP contribution in [0.2, 0.25) is 0 Å². The lowest BCUT2D eigenvalue weighted by atomic mass is 10.0. The highest BCUT2D eigenvalue weighted by Crippen LogP contribution is 2.31. The number of aromatic nitrogens is 6. The van der Waals surface area contributed by atoms with Crippen LogP contribution >= 0.6 is 0 Å². The average molecular weight is 463 g/mol. The normalized spacial score (nSPS) is 17.0. The van der Waals surface area contributed by atoms with Gasteiger partial charge in [0.25, 0.3) is 0 Å². The van der Waals surface area contributed by atoms with Crippen molar-refractivity contribution in [1.82, 2.24) is 34.3 Å². The number of pyridine rings is 1. The monoisotopic (exact) mass is 462 g/mol. The van der Waals surface area contributed by atoms with Gasteiger partial charge in [-0.05, 0) is 39.3 Å². The molecule has 5 rings (SSSR count). The number of likely N-dealkylation sites (tertiary alicyclic amines) is 1. The highest BCUT2D eigenvalue weighted by atomic mass is 16.5. The van der Waals surface area contributed by atoms with E-state index in [1.807, 2.05) is 55.3 Å². The number of ether oxygens (including phenoxy) is 1. The third kappa shape index (κ3) is 4.46. The van der Waals surface area contributed by atoms with Gasteiger partial charge in [-0.25, -0.2) is 9.50 Å².